The summed E-state index contributed by atoms with van der Waals surface area (Å²) in [6.45, 7) is 7.94. The Balaban J connectivity index is 4.46. The summed E-state index contributed by atoms with van der Waals surface area (Å²) in [6, 6.07) is 0. The first-order valence-corrected chi connectivity index (χ1v) is 4.07. The van der Waals surface area contributed by atoms with Gasteiger partial charge in [0.2, 0.25) is 0 Å². The van der Waals surface area contributed by atoms with Gasteiger partial charge in [-0.1, -0.05) is 18.7 Å². The fourth-order valence-electron chi connectivity index (χ4n) is 0.933. The summed E-state index contributed by atoms with van der Waals surface area (Å²) in [5.74, 6) is 0. The third kappa shape index (κ3) is 4.31. The topological polar surface area (TPSA) is 23.5 Å². The van der Waals surface area contributed by atoms with E-state index in [1.807, 2.05) is 25.1 Å². The summed E-state index contributed by atoms with van der Waals surface area (Å²) in [7, 11) is 3.95. The minimum atomic E-state index is -0.752. The van der Waals surface area contributed by atoms with Crippen molar-refractivity contribution < 1.29 is 5.11 Å². The Bertz CT molecular complexity index is 175. The number of rotatable bonds is 4. The van der Waals surface area contributed by atoms with Gasteiger partial charge in [-0.15, -0.1) is 0 Å². The Morgan fingerprint density at radius 2 is 2.00 bits per heavy atom. The van der Waals surface area contributed by atoms with Crippen molar-refractivity contribution in [3.63, 3.8) is 0 Å². The van der Waals surface area contributed by atoms with Crippen molar-refractivity contribution in [2.75, 3.05) is 20.6 Å². The van der Waals surface area contributed by atoms with Crippen molar-refractivity contribution in [3.8, 4) is 0 Å². The van der Waals surface area contributed by atoms with Gasteiger partial charge in [0.05, 0.1) is 5.60 Å². The molecule has 0 unspecified atom stereocenters. The Labute approximate surface area is 75.2 Å². The molecule has 0 aromatic carbocycles. The molecule has 1 N–H and O–H groups in total. The van der Waals surface area contributed by atoms with Crippen molar-refractivity contribution in [2.24, 2.45) is 0 Å². The van der Waals surface area contributed by atoms with Crippen LogP contribution in [0.15, 0.2) is 24.3 Å². The highest BCUT2D eigenvalue weighted by atomic mass is 16.3. The molecule has 0 bridgehead atoms. The molecule has 0 saturated carbocycles. The van der Waals surface area contributed by atoms with Crippen molar-refractivity contribution in [2.45, 2.75) is 19.4 Å². The van der Waals surface area contributed by atoms with Crippen molar-refractivity contribution in [3.05, 3.63) is 24.3 Å². The normalized spacial score (nSPS) is 13.7. The molecule has 0 heterocycles. The highest BCUT2D eigenvalue weighted by Gasteiger charge is 2.18. The van der Waals surface area contributed by atoms with Gasteiger partial charge in [0.15, 0.2) is 0 Å². The largest absolute Gasteiger partial charge is 0.386 e. The standard InChI is InChI=1S/C10H19NO/c1-6-7-9(8-11(4)5)10(2,3)12/h6-7,12H,1,8H2,2-5H3/b9-7+. The number of aliphatic hydroxyl groups is 1. The van der Waals surface area contributed by atoms with Gasteiger partial charge in [-0.3, -0.25) is 0 Å². The summed E-state index contributed by atoms with van der Waals surface area (Å²) in [5.41, 5.74) is 0.223. The fraction of sp³-hybridized carbons (Fsp3) is 0.600. The zero-order chi connectivity index (χ0) is 9.78. The minimum absolute atomic E-state index is 0.752. The maximum Gasteiger partial charge on any atom is 0.0816 e. The van der Waals surface area contributed by atoms with Crippen LogP contribution in [0.1, 0.15) is 13.8 Å². The molecule has 0 aromatic heterocycles. The molecule has 0 aliphatic heterocycles. The first-order valence-electron chi connectivity index (χ1n) is 4.07. The number of hydrogen-bond donors (Lipinski definition) is 1. The average molecular weight is 169 g/mol. The lowest BCUT2D eigenvalue weighted by Gasteiger charge is -2.24. The lowest BCUT2D eigenvalue weighted by molar-refractivity contribution is 0.112. The zero-order valence-corrected chi connectivity index (χ0v) is 8.46. The monoisotopic (exact) mass is 169 g/mol. The fourth-order valence-corrected chi connectivity index (χ4v) is 0.933. The van der Waals surface area contributed by atoms with Gasteiger partial charge in [0.1, 0.15) is 0 Å². The maximum atomic E-state index is 9.71. The molecule has 0 radical (unpaired) electrons. The Morgan fingerprint density at radius 3 is 2.25 bits per heavy atom. The van der Waals surface area contributed by atoms with E-state index in [-0.39, 0.29) is 0 Å². The first kappa shape index (κ1) is 11.4. The van der Waals surface area contributed by atoms with Crippen molar-refractivity contribution in [1.82, 2.24) is 4.90 Å². The van der Waals surface area contributed by atoms with Crippen LogP contribution in [0.4, 0.5) is 0 Å². The first-order chi connectivity index (χ1) is 5.38. The van der Waals surface area contributed by atoms with Crippen LogP contribution in [0.2, 0.25) is 0 Å². The van der Waals surface area contributed by atoms with Crippen molar-refractivity contribution >= 4 is 0 Å². The summed E-state index contributed by atoms with van der Waals surface area (Å²) in [6.07, 6.45) is 3.57. The highest BCUT2D eigenvalue weighted by molar-refractivity contribution is 5.20. The molecule has 0 aromatic rings. The molecule has 0 aliphatic rings. The smallest absolute Gasteiger partial charge is 0.0816 e. The van der Waals surface area contributed by atoms with Crippen LogP contribution in [-0.2, 0) is 0 Å². The van der Waals surface area contributed by atoms with Crippen LogP contribution in [-0.4, -0.2) is 36.2 Å². The second-order valence-corrected chi connectivity index (χ2v) is 3.72. The lowest BCUT2D eigenvalue weighted by atomic mass is 9.97. The molecule has 0 aliphatic carbocycles. The molecule has 12 heavy (non-hydrogen) atoms. The van der Waals surface area contributed by atoms with E-state index in [9.17, 15) is 5.11 Å². The zero-order valence-electron chi connectivity index (χ0n) is 8.46. The molecule has 2 nitrogen and oxygen atoms in total. The predicted octanol–water partition coefficient (Wildman–Crippen LogP) is 1.43. The molecule has 2 heteroatoms. The molecule has 0 saturated heterocycles. The van der Waals surface area contributed by atoms with Crippen molar-refractivity contribution in [1.29, 1.82) is 0 Å². The van der Waals surface area contributed by atoms with Crippen LogP contribution < -0.4 is 0 Å². The second kappa shape index (κ2) is 4.43. The predicted molar refractivity (Wildman–Crippen MR) is 53.1 cm³/mol. The van der Waals surface area contributed by atoms with Crippen LogP contribution >= 0.6 is 0 Å². The molecular weight excluding hydrogens is 150 g/mol. The Morgan fingerprint density at radius 1 is 1.50 bits per heavy atom. The number of allylic oxidation sites excluding steroid dienone is 2. The number of likely N-dealkylation sites (N-methyl/N-ethyl adjacent to an activating group) is 1. The Kier molecular flexibility index (Phi) is 4.21. The third-order valence-electron chi connectivity index (χ3n) is 1.59. The van der Waals surface area contributed by atoms with E-state index in [2.05, 4.69) is 6.58 Å². The van der Waals surface area contributed by atoms with E-state index in [1.54, 1.807) is 19.9 Å². The van der Waals surface area contributed by atoms with E-state index in [1.165, 1.54) is 0 Å². The van der Waals surface area contributed by atoms with Gasteiger partial charge < -0.3 is 10.0 Å². The molecule has 70 valence electrons. The van der Waals surface area contributed by atoms with Crippen LogP contribution in [0.5, 0.6) is 0 Å². The molecule has 0 atom stereocenters. The molecular formula is C10H19NO. The summed E-state index contributed by atoms with van der Waals surface area (Å²) < 4.78 is 0. The van der Waals surface area contributed by atoms with Gasteiger partial charge in [-0.2, -0.15) is 0 Å². The summed E-state index contributed by atoms with van der Waals surface area (Å²) >= 11 is 0. The number of hydrogen-bond acceptors (Lipinski definition) is 2. The summed E-state index contributed by atoms with van der Waals surface area (Å²) in [4.78, 5) is 2.02. The van der Waals surface area contributed by atoms with Gasteiger partial charge in [-0.25, -0.2) is 0 Å². The summed E-state index contributed by atoms with van der Waals surface area (Å²) in [5, 5.41) is 9.71. The van der Waals surface area contributed by atoms with Gasteiger partial charge in [-0.05, 0) is 33.5 Å². The quantitative estimate of drug-likeness (QED) is 0.644. The Hall–Kier alpha value is -0.600. The highest BCUT2D eigenvalue weighted by Crippen LogP contribution is 2.15. The molecule has 0 spiro atoms. The van der Waals surface area contributed by atoms with E-state index in [4.69, 9.17) is 0 Å². The van der Waals surface area contributed by atoms with E-state index < -0.39 is 5.60 Å². The van der Waals surface area contributed by atoms with Crippen LogP contribution in [0, 0.1) is 0 Å². The van der Waals surface area contributed by atoms with E-state index in [0.717, 1.165) is 12.1 Å². The molecule has 0 fully saturated rings. The van der Waals surface area contributed by atoms with Gasteiger partial charge >= 0.3 is 0 Å². The van der Waals surface area contributed by atoms with Gasteiger partial charge in [0.25, 0.3) is 0 Å². The van der Waals surface area contributed by atoms with E-state index in [0.29, 0.717) is 0 Å². The third-order valence-corrected chi connectivity index (χ3v) is 1.59. The molecule has 0 amide bonds. The minimum Gasteiger partial charge on any atom is -0.386 e. The SMILES string of the molecule is C=C/C=C(\CN(C)C)C(C)(C)O. The molecule has 0 rings (SSSR count). The average Bonchev–Trinajstić information content (AvgIpc) is 1.83. The van der Waals surface area contributed by atoms with Gasteiger partial charge in [0, 0.05) is 6.54 Å². The van der Waals surface area contributed by atoms with Crippen LogP contribution in [0.3, 0.4) is 0 Å². The van der Waals surface area contributed by atoms with Crippen LogP contribution in [0.25, 0.3) is 0 Å². The lowest BCUT2D eigenvalue weighted by Crippen LogP contribution is -2.29. The van der Waals surface area contributed by atoms with E-state index >= 15 is 0 Å². The second-order valence-electron chi connectivity index (χ2n) is 3.72. The number of nitrogens with zero attached hydrogens (tertiary/aromatic N) is 1. The maximum absolute atomic E-state index is 9.71.